The Balaban J connectivity index is 2.78. The molecule has 0 radical (unpaired) electrons. The van der Waals surface area contributed by atoms with Gasteiger partial charge in [-0.1, -0.05) is 11.6 Å². The molecule has 1 aromatic carbocycles. The molecule has 0 fully saturated rings. The molecule has 0 aromatic heterocycles. The van der Waals surface area contributed by atoms with Crippen molar-refractivity contribution in [3.05, 3.63) is 28.8 Å². The van der Waals surface area contributed by atoms with E-state index in [4.69, 9.17) is 22.4 Å². The van der Waals surface area contributed by atoms with Gasteiger partial charge in [0.1, 0.15) is 0 Å². The van der Waals surface area contributed by atoms with Crippen LogP contribution in [0.2, 0.25) is 5.02 Å². The van der Waals surface area contributed by atoms with E-state index < -0.39 is 0 Å². The summed E-state index contributed by atoms with van der Waals surface area (Å²) in [4.78, 5) is 11.6. The standard InChI is InChI=1S/C10H13ClN2O2/c1-6(5-14)13-10(15)7-2-3-8(11)9(12)4-7/h2-4,6,14H,5,12H2,1H3,(H,13,15). The predicted octanol–water partition coefficient (Wildman–Crippen LogP) is 1.03. The largest absolute Gasteiger partial charge is 0.398 e. The van der Waals surface area contributed by atoms with Crippen molar-refractivity contribution in [3.63, 3.8) is 0 Å². The molecule has 0 heterocycles. The molecule has 1 atom stereocenters. The second kappa shape index (κ2) is 5.00. The first-order valence-corrected chi connectivity index (χ1v) is 4.89. The number of halogens is 1. The van der Waals surface area contributed by atoms with Crippen LogP contribution in [0.5, 0.6) is 0 Å². The molecular weight excluding hydrogens is 216 g/mol. The number of hydrogen-bond acceptors (Lipinski definition) is 3. The molecule has 15 heavy (non-hydrogen) atoms. The quantitative estimate of drug-likeness (QED) is 0.677. The van der Waals surface area contributed by atoms with Crippen LogP contribution in [-0.4, -0.2) is 23.7 Å². The first-order valence-electron chi connectivity index (χ1n) is 4.51. The van der Waals surface area contributed by atoms with Crippen LogP contribution in [0.15, 0.2) is 18.2 Å². The molecule has 4 N–H and O–H groups in total. The second-order valence-electron chi connectivity index (χ2n) is 3.29. The number of nitrogen functional groups attached to an aromatic ring is 1. The Kier molecular flexibility index (Phi) is 3.94. The van der Waals surface area contributed by atoms with Crippen LogP contribution in [0.1, 0.15) is 17.3 Å². The van der Waals surface area contributed by atoms with Gasteiger partial charge in [0, 0.05) is 11.6 Å². The predicted molar refractivity (Wildman–Crippen MR) is 59.9 cm³/mol. The number of anilines is 1. The van der Waals surface area contributed by atoms with Crippen molar-refractivity contribution in [3.8, 4) is 0 Å². The average Bonchev–Trinajstić information content (AvgIpc) is 2.21. The van der Waals surface area contributed by atoms with Gasteiger partial charge in [-0.15, -0.1) is 0 Å². The molecule has 1 rings (SSSR count). The fourth-order valence-electron chi connectivity index (χ4n) is 1.04. The summed E-state index contributed by atoms with van der Waals surface area (Å²) in [7, 11) is 0. The lowest BCUT2D eigenvalue weighted by molar-refractivity contribution is 0.0922. The molecule has 0 aliphatic carbocycles. The fraction of sp³-hybridized carbons (Fsp3) is 0.300. The van der Waals surface area contributed by atoms with Crippen molar-refractivity contribution < 1.29 is 9.90 Å². The minimum Gasteiger partial charge on any atom is -0.398 e. The molecule has 82 valence electrons. The molecule has 1 unspecified atom stereocenters. The van der Waals surface area contributed by atoms with Gasteiger partial charge in [-0.3, -0.25) is 4.79 Å². The van der Waals surface area contributed by atoms with Gasteiger partial charge >= 0.3 is 0 Å². The number of aliphatic hydroxyl groups excluding tert-OH is 1. The van der Waals surface area contributed by atoms with Gasteiger partial charge in [0.05, 0.1) is 17.3 Å². The summed E-state index contributed by atoms with van der Waals surface area (Å²) in [6.07, 6.45) is 0. The highest BCUT2D eigenvalue weighted by Gasteiger charge is 2.09. The summed E-state index contributed by atoms with van der Waals surface area (Å²) in [6.45, 7) is 1.60. The normalized spacial score (nSPS) is 12.2. The zero-order valence-electron chi connectivity index (χ0n) is 8.33. The SMILES string of the molecule is CC(CO)NC(=O)c1ccc(Cl)c(N)c1. The zero-order valence-corrected chi connectivity index (χ0v) is 9.08. The van der Waals surface area contributed by atoms with E-state index in [0.29, 0.717) is 16.3 Å². The van der Waals surface area contributed by atoms with E-state index >= 15 is 0 Å². The Bertz CT molecular complexity index is 368. The lowest BCUT2D eigenvalue weighted by Crippen LogP contribution is -2.34. The maximum absolute atomic E-state index is 11.6. The number of rotatable bonds is 3. The van der Waals surface area contributed by atoms with Gasteiger partial charge in [-0.2, -0.15) is 0 Å². The summed E-state index contributed by atoms with van der Waals surface area (Å²) >= 11 is 5.72. The number of nitrogens with one attached hydrogen (secondary N) is 1. The van der Waals surface area contributed by atoms with Gasteiger partial charge in [0.2, 0.25) is 0 Å². The molecule has 0 spiro atoms. The van der Waals surface area contributed by atoms with Crippen molar-refractivity contribution in [2.24, 2.45) is 0 Å². The summed E-state index contributed by atoms with van der Waals surface area (Å²) in [5.41, 5.74) is 6.35. The van der Waals surface area contributed by atoms with E-state index in [9.17, 15) is 4.79 Å². The maximum atomic E-state index is 11.6. The second-order valence-corrected chi connectivity index (χ2v) is 3.70. The van der Waals surface area contributed by atoms with Crippen molar-refractivity contribution in [2.45, 2.75) is 13.0 Å². The molecule has 1 aromatic rings. The van der Waals surface area contributed by atoms with Crippen LogP contribution in [0.3, 0.4) is 0 Å². The topological polar surface area (TPSA) is 75.3 Å². The van der Waals surface area contributed by atoms with E-state index in [1.807, 2.05) is 0 Å². The third-order valence-electron chi connectivity index (χ3n) is 1.91. The summed E-state index contributed by atoms with van der Waals surface area (Å²) < 4.78 is 0. The van der Waals surface area contributed by atoms with Crippen LogP contribution in [0, 0.1) is 0 Å². The Morgan fingerprint density at radius 3 is 2.87 bits per heavy atom. The highest BCUT2D eigenvalue weighted by atomic mass is 35.5. The number of carbonyl (C=O) groups excluding carboxylic acids is 1. The number of aliphatic hydroxyl groups is 1. The highest BCUT2D eigenvalue weighted by Crippen LogP contribution is 2.19. The van der Waals surface area contributed by atoms with Crippen molar-refractivity contribution in [1.29, 1.82) is 0 Å². The van der Waals surface area contributed by atoms with E-state index in [1.54, 1.807) is 19.1 Å². The minimum atomic E-state index is -0.283. The van der Waals surface area contributed by atoms with Crippen molar-refractivity contribution in [1.82, 2.24) is 5.32 Å². The molecule has 0 bridgehead atoms. The summed E-state index contributed by atoms with van der Waals surface area (Å²) in [6, 6.07) is 4.37. The van der Waals surface area contributed by atoms with E-state index in [1.165, 1.54) is 6.07 Å². The van der Waals surface area contributed by atoms with Crippen LogP contribution in [0.25, 0.3) is 0 Å². The number of hydrogen-bond donors (Lipinski definition) is 3. The summed E-state index contributed by atoms with van der Waals surface area (Å²) in [5.74, 6) is -0.278. The van der Waals surface area contributed by atoms with Gasteiger partial charge in [0.25, 0.3) is 5.91 Å². The lowest BCUT2D eigenvalue weighted by atomic mass is 10.2. The Morgan fingerprint density at radius 2 is 2.33 bits per heavy atom. The molecule has 0 aliphatic heterocycles. The molecule has 0 saturated carbocycles. The van der Waals surface area contributed by atoms with Gasteiger partial charge in [-0.05, 0) is 25.1 Å². The Morgan fingerprint density at radius 1 is 1.67 bits per heavy atom. The first-order chi connectivity index (χ1) is 7.04. The number of benzene rings is 1. The molecule has 1 amide bonds. The van der Waals surface area contributed by atoms with Crippen LogP contribution < -0.4 is 11.1 Å². The minimum absolute atomic E-state index is 0.102. The number of nitrogens with two attached hydrogens (primary N) is 1. The average molecular weight is 229 g/mol. The van der Waals surface area contributed by atoms with Gasteiger partial charge in [0.15, 0.2) is 0 Å². The van der Waals surface area contributed by atoms with Crippen LogP contribution in [-0.2, 0) is 0 Å². The van der Waals surface area contributed by atoms with Gasteiger partial charge < -0.3 is 16.2 Å². The van der Waals surface area contributed by atoms with Crippen molar-refractivity contribution in [2.75, 3.05) is 12.3 Å². The third kappa shape index (κ3) is 3.11. The molecule has 5 heteroatoms. The number of carbonyl (C=O) groups is 1. The molecule has 4 nitrogen and oxygen atoms in total. The Labute approximate surface area is 93.0 Å². The zero-order chi connectivity index (χ0) is 11.4. The maximum Gasteiger partial charge on any atom is 0.251 e. The van der Waals surface area contributed by atoms with E-state index in [-0.39, 0.29) is 18.6 Å². The van der Waals surface area contributed by atoms with E-state index in [2.05, 4.69) is 5.32 Å². The summed E-state index contributed by atoms with van der Waals surface area (Å²) in [5, 5.41) is 11.8. The molecule has 0 aliphatic rings. The first kappa shape index (κ1) is 11.8. The van der Waals surface area contributed by atoms with Crippen molar-refractivity contribution >= 4 is 23.2 Å². The van der Waals surface area contributed by atoms with E-state index in [0.717, 1.165) is 0 Å². The lowest BCUT2D eigenvalue weighted by Gasteiger charge is -2.11. The van der Waals surface area contributed by atoms with Crippen LogP contribution in [0.4, 0.5) is 5.69 Å². The van der Waals surface area contributed by atoms with Crippen LogP contribution >= 0.6 is 11.6 Å². The highest BCUT2D eigenvalue weighted by molar-refractivity contribution is 6.33. The molecule has 0 saturated heterocycles. The number of amides is 1. The monoisotopic (exact) mass is 228 g/mol. The molecular formula is C10H13ClN2O2. The third-order valence-corrected chi connectivity index (χ3v) is 2.25. The van der Waals surface area contributed by atoms with Gasteiger partial charge in [-0.25, -0.2) is 0 Å². The smallest absolute Gasteiger partial charge is 0.251 e. The fourth-order valence-corrected chi connectivity index (χ4v) is 1.16. The Hall–Kier alpha value is -1.26.